The molecular weight excluding hydrogens is 198 g/mol. The molecule has 0 aromatic rings. The number of hydrogen-bond donors (Lipinski definition) is 1. The fourth-order valence-corrected chi connectivity index (χ4v) is 2.33. The maximum absolute atomic E-state index is 12.1. The highest BCUT2D eigenvalue weighted by Crippen LogP contribution is 2.33. The molecule has 0 aromatic heterocycles. The molecule has 0 heterocycles. The highest BCUT2D eigenvalue weighted by Gasteiger charge is 2.32. The van der Waals surface area contributed by atoms with Gasteiger partial charge in [-0.05, 0) is 25.2 Å². The zero-order chi connectivity index (χ0) is 13.0. The van der Waals surface area contributed by atoms with Crippen molar-refractivity contribution < 1.29 is 4.79 Å². The Morgan fingerprint density at radius 1 is 1.19 bits per heavy atom. The van der Waals surface area contributed by atoms with Gasteiger partial charge >= 0.3 is 0 Å². The summed E-state index contributed by atoms with van der Waals surface area (Å²) >= 11 is 0. The van der Waals surface area contributed by atoms with E-state index in [4.69, 9.17) is 0 Å². The summed E-state index contributed by atoms with van der Waals surface area (Å²) in [7, 11) is 0. The van der Waals surface area contributed by atoms with Crippen molar-refractivity contribution in [3.63, 3.8) is 0 Å². The van der Waals surface area contributed by atoms with Crippen molar-refractivity contribution in [3.8, 4) is 0 Å². The number of carbonyl (C=O) groups excluding carboxylic acids is 1. The van der Waals surface area contributed by atoms with E-state index in [9.17, 15) is 4.79 Å². The van der Waals surface area contributed by atoms with Crippen molar-refractivity contribution >= 4 is 5.91 Å². The molecule has 16 heavy (non-hydrogen) atoms. The van der Waals surface area contributed by atoms with Crippen LogP contribution in [-0.4, -0.2) is 11.9 Å². The first-order valence-electron chi connectivity index (χ1n) is 6.39. The standard InChI is InChI=1S/C14H29NO/c1-8-9-11(2)15-12(16)14(6,7)10-13(3,4)5/h11H,8-10H2,1-7H3,(H,15,16). The van der Waals surface area contributed by atoms with Crippen LogP contribution in [0, 0.1) is 10.8 Å². The van der Waals surface area contributed by atoms with E-state index in [2.05, 4.69) is 39.9 Å². The molecule has 0 aromatic carbocycles. The number of rotatable bonds is 5. The van der Waals surface area contributed by atoms with Crippen LogP contribution < -0.4 is 5.32 Å². The van der Waals surface area contributed by atoms with Gasteiger partial charge in [0, 0.05) is 11.5 Å². The third kappa shape index (κ3) is 6.14. The van der Waals surface area contributed by atoms with Gasteiger partial charge < -0.3 is 5.32 Å². The summed E-state index contributed by atoms with van der Waals surface area (Å²) in [5.41, 5.74) is -0.0882. The molecule has 2 heteroatoms. The lowest BCUT2D eigenvalue weighted by molar-refractivity contribution is -0.131. The monoisotopic (exact) mass is 227 g/mol. The summed E-state index contributed by atoms with van der Waals surface area (Å²) < 4.78 is 0. The third-order valence-corrected chi connectivity index (χ3v) is 2.69. The Hall–Kier alpha value is -0.530. The predicted octanol–water partition coefficient (Wildman–Crippen LogP) is 3.75. The fourth-order valence-electron chi connectivity index (χ4n) is 2.33. The molecule has 0 saturated carbocycles. The van der Waals surface area contributed by atoms with Gasteiger partial charge in [0.25, 0.3) is 0 Å². The van der Waals surface area contributed by atoms with Crippen molar-refractivity contribution in [1.82, 2.24) is 5.32 Å². The second-order valence-corrected chi connectivity index (χ2v) is 6.78. The zero-order valence-electron chi connectivity index (χ0n) is 12.1. The van der Waals surface area contributed by atoms with E-state index in [1.807, 2.05) is 13.8 Å². The molecule has 2 nitrogen and oxygen atoms in total. The van der Waals surface area contributed by atoms with Gasteiger partial charge in [-0.1, -0.05) is 48.0 Å². The van der Waals surface area contributed by atoms with Gasteiger partial charge in [-0.2, -0.15) is 0 Å². The predicted molar refractivity (Wildman–Crippen MR) is 70.4 cm³/mol. The fraction of sp³-hybridized carbons (Fsp3) is 0.929. The van der Waals surface area contributed by atoms with Crippen molar-refractivity contribution in [2.75, 3.05) is 0 Å². The van der Waals surface area contributed by atoms with Crippen molar-refractivity contribution in [2.45, 2.75) is 73.8 Å². The second-order valence-electron chi connectivity index (χ2n) is 6.78. The highest BCUT2D eigenvalue weighted by atomic mass is 16.2. The van der Waals surface area contributed by atoms with Gasteiger partial charge in [0.15, 0.2) is 0 Å². The Morgan fingerprint density at radius 3 is 2.06 bits per heavy atom. The maximum atomic E-state index is 12.1. The first-order chi connectivity index (χ1) is 7.08. The molecule has 1 unspecified atom stereocenters. The topological polar surface area (TPSA) is 29.1 Å². The molecule has 0 spiro atoms. The number of hydrogen-bond acceptors (Lipinski definition) is 1. The Labute approximate surface area is 101 Å². The second kappa shape index (κ2) is 5.70. The van der Waals surface area contributed by atoms with Crippen molar-refractivity contribution in [2.24, 2.45) is 10.8 Å². The van der Waals surface area contributed by atoms with Gasteiger partial charge in [-0.3, -0.25) is 4.79 Å². The van der Waals surface area contributed by atoms with Crippen LogP contribution in [0.3, 0.4) is 0 Å². The van der Waals surface area contributed by atoms with E-state index in [1.54, 1.807) is 0 Å². The van der Waals surface area contributed by atoms with E-state index in [0.29, 0.717) is 0 Å². The first kappa shape index (κ1) is 15.5. The molecule has 0 bridgehead atoms. The Balaban J connectivity index is 4.35. The Kier molecular flexibility index (Phi) is 5.51. The smallest absolute Gasteiger partial charge is 0.225 e. The van der Waals surface area contributed by atoms with E-state index in [0.717, 1.165) is 19.3 Å². The molecule has 0 saturated heterocycles. The largest absolute Gasteiger partial charge is 0.353 e. The Bertz CT molecular complexity index is 225. The van der Waals surface area contributed by atoms with Crippen LogP contribution in [0.2, 0.25) is 0 Å². The minimum absolute atomic E-state index is 0.184. The normalized spacial score (nSPS) is 14.7. The SMILES string of the molecule is CCCC(C)NC(=O)C(C)(C)CC(C)(C)C. The van der Waals surface area contributed by atoms with E-state index < -0.39 is 0 Å². The lowest BCUT2D eigenvalue weighted by Gasteiger charge is -2.32. The van der Waals surface area contributed by atoms with Crippen LogP contribution >= 0.6 is 0 Å². The lowest BCUT2D eigenvalue weighted by Crippen LogP contribution is -2.43. The molecule has 96 valence electrons. The lowest BCUT2D eigenvalue weighted by atomic mass is 9.75. The molecule has 0 radical (unpaired) electrons. The zero-order valence-corrected chi connectivity index (χ0v) is 12.1. The van der Waals surface area contributed by atoms with E-state index in [-0.39, 0.29) is 22.8 Å². The summed E-state index contributed by atoms with van der Waals surface area (Å²) in [6.45, 7) is 14.8. The molecule has 0 aliphatic carbocycles. The van der Waals surface area contributed by atoms with Gasteiger partial charge in [0.1, 0.15) is 0 Å². The maximum Gasteiger partial charge on any atom is 0.225 e. The minimum Gasteiger partial charge on any atom is -0.353 e. The third-order valence-electron chi connectivity index (χ3n) is 2.69. The van der Waals surface area contributed by atoms with Crippen LogP contribution in [0.25, 0.3) is 0 Å². The average molecular weight is 227 g/mol. The van der Waals surface area contributed by atoms with Gasteiger partial charge in [0.05, 0.1) is 0 Å². The number of amides is 1. The summed E-state index contributed by atoms with van der Waals surface area (Å²) in [5, 5.41) is 3.10. The molecule has 1 N–H and O–H groups in total. The van der Waals surface area contributed by atoms with E-state index in [1.165, 1.54) is 0 Å². The van der Waals surface area contributed by atoms with Gasteiger partial charge in [0.2, 0.25) is 5.91 Å². The van der Waals surface area contributed by atoms with Crippen LogP contribution in [0.15, 0.2) is 0 Å². The summed E-state index contributed by atoms with van der Waals surface area (Å²) in [4.78, 5) is 12.1. The summed E-state index contributed by atoms with van der Waals surface area (Å²) in [5.74, 6) is 0.184. The summed E-state index contributed by atoms with van der Waals surface area (Å²) in [6.07, 6.45) is 3.07. The highest BCUT2D eigenvalue weighted by molar-refractivity contribution is 5.82. The van der Waals surface area contributed by atoms with Crippen LogP contribution in [0.4, 0.5) is 0 Å². The molecule has 0 rings (SSSR count). The molecular formula is C14H29NO. The average Bonchev–Trinajstić information content (AvgIpc) is 1.99. The van der Waals surface area contributed by atoms with Gasteiger partial charge in [-0.25, -0.2) is 0 Å². The summed E-state index contributed by atoms with van der Waals surface area (Å²) in [6, 6.07) is 0.289. The molecule has 0 aliphatic rings. The molecule has 1 atom stereocenters. The van der Waals surface area contributed by atoms with Gasteiger partial charge in [-0.15, -0.1) is 0 Å². The van der Waals surface area contributed by atoms with E-state index >= 15 is 0 Å². The van der Waals surface area contributed by atoms with Crippen LogP contribution in [0.5, 0.6) is 0 Å². The van der Waals surface area contributed by atoms with Crippen LogP contribution in [-0.2, 0) is 4.79 Å². The molecule has 0 aliphatic heterocycles. The quantitative estimate of drug-likeness (QED) is 0.761. The minimum atomic E-state index is -0.278. The number of nitrogens with one attached hydrogen (secondary N) is 1. The number of carbonyl (C=O) groups is 1. The van der Waals surface area contributed by atoms with Crippen LogP contribution in [0.1, 0.15) is 67.7 Å². The molecule has 0 fully saturated rings. The van der Waals surface area contributed by atoms with Crippen molar-refractivity contribution in [3.05, 3.63) is 0 Å². The van der Waals surface area contributed by atoms with Crippen molar-refractivity contribution in [1.29, 1.82) is 0 Å². The molecule has 1 amide bonds. The Morgan fingerprint density at radius 2 is 1.69 bits per heavy atom. The first-order valence-corrected chi connectivity index (χ1v) is 6.39.